The molecule has 3 heterocycles. The Kier molecular flexibility index (Phi) is 5.51. The lowest BCUT2D eigenvalue weighted by atomic mass is 10.2. The SMILES string of the molecule is CCOC(=O)c1c(C)oc2nc(COC(=O)c3ccc4c(c3)NC(=O)CS4)nc(N)c12. The second-order valence-corrected chi connectivity index (χ2v) is 7.60. The van der Waals surface area contributed by atoms with Gasteiger partial charge in [0.1, 0.15) is 17.1 Å². The molecule has 31 heavy (non-hydrogen) atoms. The second kappa shape index (κ2) is 8.26. The summed E-state index contributed by atoms with van der Waals surface area (Å²) < 4.78 is 15.9. The molecule has 1 aromatic carbocycles. The fourth-order valence-corrected chi connectivity index (χ4v) is 3.91. The maximum atomic E-state index is 12.4. The van der Waals surface area contributed by atoms with Crippen molar-refractivity contribution in [3.05, 3.63) is 40.9 Å². The number of esters is 2. The summed E-state index contributed by atoms with van der Waals surface area (Å²) in [5.41, 5.74) is 7.12. The van der Waals surface area contributed by atoms with Crippen LogP contribution in [0.2, 0.25) is 0 Å². The molecule has 0 radical (unpaired) electrons. The van der Waals surface area contributed by atoms with Crippen LogP contribution in [0.15, 0.2) is 27.5 Å². The number of aromatic nitrogens is 2. The fraction of sp³-hybridized carbons (Fsp3) is 0.250. The van der Waals surface area contributed by atoms with Crippen LogP contribution in [0.5, 0.6) is 0 Å². The van der Waals surface area contributed by atoms with Gasteiger partial charge in [0.05, 0.1) is 29.0 Å². The normalized spacial score (nSPS) is 12.9. The van der Waals surface area contributed by atoms with E-state index in [1.807, 2.05) is 0 Å². The highest BCUT2D eigenvalue weighted by Crippen LogP contribution is 2.32. The Bertz CT molecular complexity index is 1220. The topological polar surface area (TPSA) is 147 Å². The van der Waals surface area contributed by atoms with Gasteiger partial charge in [-0.15, -0.1) is 11.8 Å². The first-order chi connectivity index (χ1) is 14.9. The highest BCUT2D eigenvalue weighted by molar-refractivity contribution is 8.00. The van der Waals surface area contributed by atoms with Crippen molar-refractivity contribution in [3.63, 3.8) is 0 Å². The van der Waals surface area contributed by atoms with Crippen LogP contribution in [0, 0.1) is 6.92 Å². The lowest BCUT2D eigenvalue weighted by molar-refractivity contribution is -0.113. The minimum Gasteiger partial charge on any atom is -0.462 e. The summed E-state index contributed by atoms with van der Waals surface area (Å²) in [4.78, 5) is 45.4. The number of hydrogen-bond acceptors (Lipinski definition) is 10. The van der Waals surface area contributed by atoms with E-state index in [-0.39, 0.29) is 53.0 Å². The first-order valence-corrected chi connectivity index (χ1v) is 10.3. The lowest BCUT2D eigenvalue weighted by Gasteiger charge is -2.16. The van der Waals surface area contributed by atoms with E-state index in [2.05, 4.69) is 15.3 Å². The van der Waals surface area contributed by atoms with Crippen molar-refractivity contribution in [2.24, 2.45) is 0 Å². The smallest absolute Gasteiger partial charge is 0.342 e. The molecule has 11 heteroatoms. The van der Waals surface area contributed by atoms with Crippen molar-refractivity contribution in [2.45, 2.75) is 25.3 Å². The van der Waals surface area contributed by atoms with Crippen LogP contribution < -0.4 is 11.1 Å². The van der Waals surface area contributed by atoms with Crippen molar-refractivity contribution in [1.29, 1.82) is 0 Å². The van der Waals surface area contributed by atoms with Gasteiger partial charge in [0.25, 0.3) is 0 Å². The van der Waals surface area contributed by atoms with Crippen molar-refractivity contribution in [1.82, 2.24) is 9.97 Å². The summed E-state index contributed by atoms with van der Waals surface area (Å²) in [5, 5.41) is 2.98. The number of thioether (sulfide) groups is 1. The van der Waals surface area contributed by atoms with Crippen LogP contribution in [0.1, 0.15) is 39.2 Å². The van der Waals surface area contributed by atoms with Gasteiger partial charge in [-0.2, -0.15) is 4.98 Å². The molecule has 0 aliphatic carbocycles. The third kappa shape index (κ3) is 4.04. The predicted molar refractivity (Wildman–Crippen MR) is 112 cm³/mol. The number of nitrogens with two attached hydrogens (primary N) is 1. The number of hydrogen-bond donors (Lipinski definition) is 2. The summed E-state index contributed by atoms with van der Waals surface area (Å²) in [6.07, 6.45) is 0. The zero-order valence-corrected chi connectivity index (χ0v) is 17.5. The van der Waals surface area contributed by atoms with Crippen LogP contribution in [0.3, 0.4) is 0 Å². The molecule has 0 bridgehead atoms. The maximum Gasteiger partial charge on any atom is 0.342 e. The molecule has 1 amide bonds. The number of amides is 1. The van der Waals surface area contributed by atoms with Crippen molar-refractivity contribution < 1.29 is 28.3 Å². The lowest BCUT2D eigenvalue weighted by Crippen LogP contribution is -2.19. The molecule has 3 aromatic rings. The average Bonchev–Trinajstić information content (AvgIpc) is 3.08. The Morgan fingerprint density at radius 3 is 2.84 bits per heavy atom. The molecular formula is C20H18N4O6S. The molecule has 1 aliphatic rings. The zero-order chi connectivity index (χ0) is 22.1. The first-order valence-electron chi connectivity index (χ1n) is 9.33. The van der Waals surface area contributed by atoms with Crippen LogP contribution in [0.4, 0.5) is 11.5 Å². The molecule has 1 aliphatic heterocycles. The van der Waals surface area contributed by atoms with E-state index in [0.29, 0.717) is 17.2 Å². The van der Waals surface area contributed by atoms with Gasteiger partial charge in [0.2, 0.25) is 11.6 Å². The Hall–Kier alpha value is -3.60. The minimum absolute atomic E-state index is 0.0180. The number of carbonyl (C=O) groups is 3. The number of furan rings is 1. The van der Waals surface area contributed by atoms with Gasteiger partial charge in [-0.25, -0.2) is 14.6 Å². The van der Waals surface area contributed by atoms with Crippen LogP contribution in [-0.4, -0.2) is 40.2 Å². The largest absolute Gasteiger partial charge is 0.462 e. The van der Waals surface area contributed by atoms with Gasteiger partial charge in [0.15, 0.2) is 12.4 Å². The van der Waals surface area contributed by atoms with Crippen LogP contribution in [0.25, 0.3) is 11.1 Å². The molecule has 0 saturated heterocycles. The number of nitrogens with zero attached hydrogens (tertiary/aromatic N) is 2. The summed E-state index contributed by atoms with van der Waals surface area (Å²) in [6.45, 7) is 3.23. The highest BCUT2D eigenvalue weighted by atomic mass is 32.2. The van der Waals surface area contributed by atoms with Crippen molar-refractivity contribution in [3.8, 4) is 0 Å². The summed E-state index contributed by atoms with van der Waals surface area (Å²) >= 11 is 1.40. The molecule has 0 saturated carbocycles. The molecule has 3 N–H and O–H groups in total. The molecule has 2 aromatic heterocycles. The van der Waals surface area contributed by atoms with E-state index in [1.165, 1.54) is 11.8 Å². The van der Waals surface area contributed by atoms with Crippen molar-refractivity contribution >= 4 is 52.2 Å². The Balaban J connectivity index is 1.53. The van der Waals surface area contributed by atoms with E-state index in [0.717, 1.165) is 4.90 Å². The molecule has 4 rings (SSSR count). The number of nitrogen functional groups attached to an aromatic ring is 1. The number of anilines is 2. The Labute approximate surface area is 180 Å². The molecule has 10 nitrogen and oxygen atoms in total. The molecule has 0 fully saturated rings. The minimum atomic E-state index is -0.613. The Morgan fingerprint density at radius 2 is 2.06 bits per heavy atom. The van der Waals surface area contributed by atoms with E-state index in [9.17, 15) is 14.4 Å². The second-order valence-electron chi connectivity index (χ2n) is 6.58. The summed E-state index contributed by atoms with van der Waals surface area (Å²) in [7, 11) is 0. The molecule has 0 spiro atoms. The van der Waals surface area contributed by atoms with Gasteiger partial charge in [-0.05, 0) is 32.0 Å². The number of ether oxygens (including phenoxy) is 2. The third-order valence-corrected chi connectivity index (χ3v) is 5.54. The Morgan fingerprint density at radius 1 is 1.26 bits per heavy atom. The molecule has 0 atom stereocenters. The zero-order valence-electron chi connectivity index (χ0n) is 16.7. The maximum absolute atomic E-state index is 12.4. The number of carbonyl (C=O) groups excluding carboxylic acids is 3. The number of fused-ring (bicyclic) bond motifs is 2. The first kappa shape index (κ1) is 20.7. The molecule has 0 unspecified atom stereocenters. The van der Waals surface area contributed by atoms with Crippen LogP contribution in [-0.2, 0) is 20.9 Å². The quantitative estimate of drug-likeness (QED) is 0.565. The predicted octanol–water partition coefficient (Wildman–Crippen LogP) is 2.69. The van der Waals surface area contributed by atoms with E-state index in [1.54, 1.807) is 32.0 Å². The van der Waals surface area contributed by atoms with Crippen molar-refractivity contribution in [2.75, 3.05) is 23.4 Å². The number of aryl methyl sites for hydroxylation is 1. The van der Waals surface area contributed by atoms with Gasteiger partial charge >= 0.3 is 11.9 Å². The standard InChI is InChI=1S/C20H18N4O6S/c1-3-28-20(27)15-9(2)30-18-16(15)17(21)23-13(24-18)7-29-19(26)10-4-5-12-11(6-10)22-14(25)8-31-12/h4-6H,3,7-8H2,1-2H3,(H,22,25)(H2,21,23,24). The van der Waals surface area contributed by atoms with Gasteiger partial charge in [-0.1, -0.05) is 0 Å². The van der Waals surface area contributed by atoms with E-state index < -0.39 is 11.9 Å². The molecule has 160 valence electrons. The van der Waals surface area contributed by atoms with Gasteiger partial charge in [-0.3, -0.25) is 4.79 Å². The number of benzene rings is 1. The third-order valence-electron chi connectivity index (χ3n) is 4.46. The average molecular weight is 442 g/mol. The van der Waals surface area contributed by atoms with Gasteiger partial charge < -0.3 is 24.9 Å². The van der Waals surface area contributed by atoms with E-state index >= 15 is 0 Å². The number of nitrogens with one attached hydrogen (secondary N) is 1. The highest BCUT2D eigenvalue weighted by Gasteiger charge is 2.24. The fourth-order valence-electron chi connectivity index (χ4n) is 3.12. The van der Waals surface area contributed by atoms with Crippen LogP contribution >= 0.6 is 11.8 Å². The molecular weight excluding hydrogens is 424 g/mol. The monoisotopic (exact) mass is 442 g/mol. The summed E-state index contributed by atoms with van der Waals surface area (Å²) in [5.74, 6) is -0.548. The van der Waals surface area contributed by atoms with E-state index in [4.69, 9.17) is 19.6 Å². The van der Waals surface area contributed by atoms with Gasteiger partial charge in [0, 0.05) is 4.90 Å². The number of rotatable bonds is 5. The summed E-state index contributed by atoms with van der Waals surface area (Å²) in [6, 6.07) is 4.92.